The van der Waals surface area contributed by atoms with Crippen LogP contribution in [-0.4, -0.2) is 24.9 Å². The van der Waals surface area contributed by atoms with Crippen molar-refractivity contribution < 1.29 is 23.1 Å². The van der Waals surface area contributed by atoms with Crippen molar-refractivity contribution in [2.75, 3.05) is 0 Å². The Morgan fingerprint density at radius 2 is 1.89 bits per heavy atom. The molecule has 11 heteroatoms. The fourth-order valence-corrected chi connectivity index (χ4v) is 2.74. The zero-order valence-corrected chi connectivity index (χ0v) is 14.5. The number of hydrogen-bond donors (Lipinski definition) is 0. The average Bonchev–Trinajstić information content (AvgIpc) is 3.10. The van der Waals surface area contributed by atoms with E-state index in [0.717, 1.165) is 46.9 Å². The molecule has 0 N–H and O–H groups in total. The van der Waals surface area contributed by atoms with E-state index >= 15 is 0 Å². The van der Waals surface area contributed by atoms with Gasteiger partial charge >= 0.3 is 11.9 Å². The summed E-state index contributed by atoms with van der Waals surface area (Å²) in [6, 6.07) is 4.05. The van der Waals surface area contributed by atoms with Crippen molar-refractivity contribution in [2.45, 2.75) is 13.1 Å². The van der Waals surface area contributed by atoms with Crippen molar-refractivity contribution in [3.63, 3.8) is 0 Å². The standard InChI is InChI=1S/C17H13F3N4O4/c1-9-13(23-8-10(7-21-23)15(26)27)14(25)22(2)16(28)24(9)12-5-3-4-11(6-12)17(18,19)20/h3-8H,1-2H3,(H,26,27)/p-1. The maximum Gasteiger partial charge on any atom is 0.416 e. The molecule has 0 radical (unpaired) electrons. The monoisotopic (exact) mass is 393 g/mol. The molecule has 3 aromatic rings. The van der Waals surface area contributed by atoms with Crippen LogP contribution in [0, 0.1) is 6.92 Å². The van der Waals surface area contributed by atoms with Gasteiger partial charge in [0.05, 0.1) is 29.1 Å². The first-order chi connectivity index (χ1) is 13.0. The number of carbonyl (C=O) groups is 1. The van der Waals surface area contributed by atoms with Gasteiger partial charge in [-0.2, -0.15) is 18.3 Å². The minimum absolute atomic E-state index is 0.0135. The molecule has 28 heavy (non-hydrogen) atoms. The molecule has 0 saturated carbocycles. The maximum atomic E-state index is 13.0. The first kappa shape index (κ1) is 19.1. The molecule has 146 valence electrons. The number of alkyl halides is 3. The lowest BCUT2D eigenvalue weighted by atomic mass is 10.2. The summed E-state index contributed by atoms with van der Waals surface area (Å²) in [5.41, 5.74) is -3.24. The predicted octanol–water partition coefficient (Wildman–Crippen LogP) is 0.413. The normalized spacial score (nSPS) is 11.6. The van der Waals surface area contributed by atoms with Gasteiger partial charge in [0.25, 0.3) is 5.56 Å². The lowest BCUT2D eigenvalue weighted by Gasteiger charge is -2.16. The summed E-state index contributed by atoms with van der Waals surface area (Å²) >= 11 is 0. The number of aromatic carboxylic acids is 1. The molecule has 0 aliphatic carbocycles. The lowest BCUT2D eigenvalue weighted by Crippen LogP contribution is -2.41. The number of halogens is 3. The highest BCUT2D eigenvalue weighted by atomic mass is 19.4. The molecule has 0 saturated heterocycles. The quantitative estimate of drug-likeness (QED) is 0.642. The molecule has 0 aliphatic rings. The van der Waals surface area contributed by atoms with Crippen LogP contribution < -0.4 is 16.4 Å². The van der Waals surface area contributed by atoms with E-state index in [9.17, 15) is 32.7 Å². The Bertz CT molecular complexity index is 1200. The first-order valence-corrected chi connectivity index (χ1v) is 7.79. The molecule has 0 amide bonds. The van der Waals surface area contributed by atoms with Crippen LogP contribution in [0.4, 0.5) is 13.2 Å². The third kappa shape index (κ3) is 3.10. The van der Waals surface area contributed by atoms with E-state index < -0.39 is 29.0 Å². The highest BCUT2D eigenvalue weighted by Crippen LogP contribution is 2.30. The van der Waals surface area contributed by atoms with Crippen LogP contribution in [-0.2, 0) is 13.2 Å². The average molecular weight is 393 g/mol. The minimum atomic E-state index is -4.62. The summed E-state index contributed by atoms with van der Waals surface area (Å²) in [6.45, 7) is 1.35. The molecule has 2 heterocycles. The Morgan fingerprint density at radius 1 is 1.21 bits per heavy atom. The molecule has 2 aromatic heterocycles. The van der Waals surface area contributed by atoms with E-state index in [1.165, 1.54) is 13.0 Å². The molecule has 1 aromatic carbocycles. The van der Waals surface area contributed by atoms with Crippen LogP contribution in [0.5, 0.6) is 0 Å². The molecule has 0 bridgehead atoms. The molecule has 3 rings (SSSR count). The van der Waals surface area contributed by atoms with Gasteiger partial charge in [0, 0.05) is 18.8 Å². The van der Waals surface area contributed by atoms with Crippen LogP contribution in [0.15, 0.2) is 46.2 Å². The van der Waals surface area contributed by atoms with E-state index in [1.807, 2.05) is 0 Å². The van der Waals surface area contributed by atoms with Crippen LogP contribution in [0.3, 0.4) is 0 Å². The van der Waals surface area contributed by atoms with Crippen molar-refractivity contribution >= 4 is 5.97 Å². The Labute approximate surface area is 154 Å². The van der Waals surface area contributed by atoms with Crippen molar-refractivity contribution in [1.82, 2.24) is 18.9 Å². The number of carbonyl (C=O) groups excluding carboxylic acids is 1. The summed E-state index contributed by atoms with van der Waals surface area (Å²) < 4.78 is 41.7. The molecule has 0 aliphatic heterocycles. The van der Waals surface area contributed by atoms with Crippen LogP contribution in [0.1, 0.15) is 21.6 Å². The zero-order valence-electron chi connectivity index (χ0n) is 14.5. The molecule has 0 atom stereocenters. The number of carboxylic acid groups (broad SMARTS) is 1. The lowest BCUT2D eigenvalue weighted by molar-refractivity contribution is -0.255. The number of aromatic nitrogens is 4. The predicted molar refractivity (Wildman–Crippen MR) is 88.5 cm³/mol. The van der Waals surface area contributed by atoms with Gasteiger partial charge in [-0.3, -0.25) is 13.9 Å². The second-order valence-electron chi connectivity index (χ2n) is 5.93. The molecule has 0 fully saturated rings. The second-order valence-corrected chi connectivity index (χ2v) is 5.93. The van der Waals surface area contributed by atoms with E-state index in [4.69, 9.17) is 0 Å². The maximum absolute atomic E-state index is 13.0. The Morgan fingerprint density at radius 3 is 2.46 bits per heavy atom. The third-order valence-electron chi connectivity index (χ3n) is 4.14. The number of carboxylic acids is 1. The summed E-state index contributed by atoms with van der Waals surface area (Å²) in [7, 11) is 1.15. The van der Waals surface area contributed by atoms with Crippen molar-refractivity contribution in [2.24, 2.45) is 7.05 Å². The number of nitrogens with zero attached hydrogens (tertiary/aromatic N) is 4. The fourth-order valence-electron chi connectivity index (χ4n) is 2.74. The van der Waals surface area contributed by atoms with Gasteiger partial charge in [-0.15, -0.1) is 0 Å². The molecule has 0 spiro atoms. The highest BCUT2D eigenvalue weighted by molar-refractivity contribution is 5.85. The van der Waals surface area contributed by atoms with Gasteiger partial charge in [0.2, 0.25) is 0 Å². The summed E-state index contributed by atoms with van der Waals surface area (Å²) in [4.78, 5) is 36.1. The van der Waals surface area contributed by atoms with Gasteiger partial charge in [0.15, 0.2) is 0 Å². The van der Waals surface area contributed by atoms with Gasteiger partial charge in [0.1, 0.15) is 5.69 Å². The SMILES string of the molecule is Cc1c(-n2cc(C(=O)[O-])cn2)c(=O)n(C)c(=O)n1-c1cccc(C(F)(F)F)c1. The second kappa shape index (κ2) is 6.51. The fraction of sp³-hybridized carbons (Fsp3) is 0.176. The number of hydrogen-bond acceptors (Lipinski definition) is 5. The Kier molecular flexibility index (Phi) is 4.45. The Balaban J connectivity index is 2.32. The van der Waals surface area contributed by atoms with E-state index in [0.29, 0.717) is 4.57 Å². The van der Waals surface area contributed by atoms with Gasteiger partial charge in [-0.1, -0.05) is 6.07 Å². The van der Waals surface area contributed by atoms with Gasteiger partial charge in [-0.05, 0) is 25.1 Å². The summed E-state index contributed by atoms with van der Waals surface area (Å²) in [6.07, 6.45) is -2.66. The molecular formula is C17H12F3N4O4-. The smallest absolute Gasteiger partial charge is 0.416 e. The Hall–Kier alpha value is -3.63. The molecule has 0 unspecified atom stereocenters. The van der Waals surface area contributed by atoms with Crippen LogP contribution >= 0.6 is 0 Å². The highest BCUT2D eigenvalue weighted by Gasteiger charge is 2.31. The van der Waals surface area contributed by atoms with Crippen LogP contribution in [0.25, 0.3) is 11.4 Å². The molecule has 8 nitrogen and oxygen atoms in total. The van der Waals surface area contributed by atoms with Crippen molar-refractivity contribution in [1.29, 1.82) is 0 Å². The molecular weight excluding hydrogens is 381 g/mol. The first-order valence-electron chi connectivity index (χ1n) is 7.79. The van der Waals surface area contributed by atoms with E-state index in [2.05, 4.69) is 5.10 Å². The van der Waals surface area contributed by atoms with Crippen molar-refractivity contribution in [3.8, 4) is 11.4 Å². The topological polar surface area (TPSA) is 102 Å². The summed E-state index contributed by atoms with van der Waals surface area (Å²) in [5.74, 6) is -1.52. The number of rotatable bonds is 3. The zero-order chi connectivity index (χ0) is 20.8. The van der Waals surface area contributed by atoms with E-state index in [-0.39, 0.29) is 22.6 Å². The minimum Gasteiger partial charge on any atom is -0.545 e. The van der Waals surface area contributed by atoms with Gasteiger partial charge < -0.3 is 9.90 Å². The summed E-state index contributed by atoms with van der Waals surface area (Å²) in [5, 5.41) is 14.7. The largest absolute Gasteiger partial charge is 0.545 e. The third-order valence-corrected chi connectivity index (χ3v) is 4.14. The van der Waals surface area contributed by atoms with Crippen molar-refractivity contribution in [3.05, 3.63) is 74.3 Å². The van der Waals surface area contributed by atoms with Crippen LogP contribution in [0.2, 0.25) is 0 Å². The number of benzene rings is 1. The van der Waals surface area contributed by atoms with E-state index in [1.54, 1.807) is 0 Å². The van der Waals surface area contributed by atoms with Gasteiger partial charge in [-0.25, -0.2) is 9.48 Å².